The molecule has 0 atom stereocenters. The van der Waals surface area contributed by atoms with Crippen molar-refractivity contribution in [2.24, 2.45) is 0 Å². The molecule has 1 aromatic carbocycles. The van der Waals surface area contributed by atoms with Gasteiger partial charge in [0.05, 0.1) is 0 Å². The van der Waals surface area contributed by atoms with Gasteiger partial charge in [-0.05, 0) is 30.3 Å². The van der Waals surface area contributed by atoms with Crippen molar-refractivity contribution in [2.45, 2.75) is 0 Å². The quantitative estimate of drug-likeness (QED) is 0.608. The predicted molar refractivity (Wildman–Crippen MR) is 85.4 cm³/mol. The third kappa shape index (κ3) is 2.55. The van der Waals surface area contributed by atoms with Crippen molar-refractivity contribution in [1.29, 1.82) is 0 Å². The van der Waals surface area contributed by atoms with Gasteiger partial charge in [0.15, 0.2) is 5.82 Å². The molecule has 2 N–H and O–H groups in total. The van der Waals surface area contributed by atoms with E-state index in [1.165, 1.54) is 6.33 Å². The molecule has 4 rings (SSSR count). The minimum absolute atomic E-state index is 0.224. The van der Waals surface area contributed by atoms with E-state index >= 15 is 0 Å². The average molecular weight is 304 g/mol. The van der Waals surface area contributed by atoms with Gasteiger partial charge in [0.1, 0.15) is 12.1 Å². The predicted octanol–water partition coefficient (Wildman–Crippen LogP) is 2.40. The van der Waals surface area contributed by atoms with E-state index in [1.807, 2.05) is 24.4 Å². The van der Waals surface area contributed by atoms with Gasteiger partial charge in [0.2, 0.25) is 0 Å². The molecule has 4 aromatic rings. The number of anilines is 1. The number of carbonyl (C=O) groups is 1. The van der Waals surface area contributed by atoms with E-state index in [-0.39, 0.29) is 5.91 Å². The maximum atomic E-state index is 12.4. The molecule has 7 heteroatoms. The van der Waals surface area contributed by atoms with Gasteiger partial charge in [-0.1, -0.05) is 0 Å². The van der Waals surface area contributed by atoms with E-state index in [1.54, 1.807) is 35.3 Å². The van der Waals surface area contributed by atoms with Crippen LogP contribution >= 0.6 is 0 Å². The molecular weight excluding hydrogens is 292 g/mol. The number of nitrogens with one attached hydrogen (secondary N) is 2. The fraction of sp³-hybridized carbons (Fsp3) is 0. The summed E-state index contributed by atoms with van der Waals surface area (Å²) in [5.41, 5.74) is 1.56. The molecular formula is C16H12N6O. The summed E-state index contributed by atoms with van der Waals surface area (Å²) in [6, 6.07) is 10.9. The Morgan fingerprint density at radius 1 is 1.17 bits per heavy atom. The van der Waals surface area contributed by atoms with Gasteiger partial charge in [-0.3, -0.25) is 4.79 Å². The molecule has 0 aliphatic heterocycles. The molecule has 23 heavy (non-hydrogen) atoms. The lowest BCUT2D eigenvalue weighted by Gasteiger charge is -2.06. The zero-order chi connectivity index (χ0) is 15.6. The molecule has 0 saturated carbocycles. The Morgan fingerprint density at radius 3 is 3.00 bits per heavy atom. The Balaban J connectivity index is 1.59. The van der Waals surface area contributed by atoms with Crippen molar-refractivity contribution >= 4 is 22.6 Å². The molecule has 0 unspecified atom stereocenters. The SMILES string of the molecule is O=C(Nc1cc(-n2cccn2)ncn1)c1ccc2[nH]ccc2c1. The van der Waals surface area contributed by atoms with E-state index < -0.39 is 0 Å². The van der Waals surface area contributed by atoms with Crippen LogP contribution in [-0.4, -0.2) is 30.6 Å². The van der Waals surface area contributed by atoms with Crippen molar-refractivity contribution in [3.8, 4) is 5.82 Å². The second-order valence-corrected chi connectivity index (χ2v) is 4.95. The lowest BCUT2D eigenvalue weighted by Crippen LogP contribution is -2.13. The summed E-state index contributed by atoms with van der Waals surface area (Å²) >= 11 is 0. The first-order valence-electron chi connectivity index (χ1n) is 7.00. The zero-order valence-corrected chi connectivity index (χ0v) is 12.0. The van der Waals surface area contributed by atoms with Crippen molar-refractivity contribution in [2.75, 3.05) is 5.32 Å². The van der Waals surface area contributed by atoms with Gasteiger partial charge in [0, 0.05) is 41.1 Å². The molecule has 0 fully saturated rings. The maximum Gasteiger partial charge on any atom is 0.256 e. The number of benzene rings is 1. The number of hydrogen-bond donors (Lipinski definition) is 2. The van der Waals surface area contributed by atoms with Gasteiger partial charge in [-0.15, -0.1) is 0 Å². The highest BCUT2D eigenvalue weighted by molar-refractivity contribution is 6.05. The Bertz CT molecular complexity index is 973. The van der Waals surface area contributed by atoms with Crippen LogP contribution in [0.15, 0.2) is 61.3 Å². The monoisotopic (exact) mass is 304 g/mol. The first-order valence-corrected chi connectivity index (χ1v) is 7.00. The minimum atomic E-state index is -0.224. The van der Waals surface area contributed by atoms with Gasteiger partial charge in [0.25, 0.3) is 5.91 Å². The highest BCUT2D eigenvalue weighted by atomic mass is 16.1. The summed E-state index contributed by atoms with van der Waals surface area (Å²) in [4.78, 5) is 23.7. The Hall–Kier alpha value is -3.48. The Morgan fingerprint density at radius 2 is 2.13 bits per heavy atom. The van der Waals surface area contributed by atoms with Gasteiger partial charge >= 0.3 is 0 Å². The van der Waals surface area contributed by atoms with Crippen LogP contribution in [0.2, 0.25) is 0 Å². The van der Waals surface area contributed by atoms with E-state index in [4.69, 9.17) is 0 Å². The van der Waals surface area contributed by atoms with Crippen molar-refractivity contribution in [3.63, 3.8) is 0 Å². The first kappa shape index (κ1) is 13.2. The number of rotatable bonds is 3. The van der Waals surface area contributed by atoms with Crippen molar-refractivity contribution in [1.82, 2.24) is 24.7 Å². The Kier molecular flexibility index (Phi) is 3.09. The topological polar surface area (TPSA) is 88.5 Å². The smallest absolute Gasteiger partial charge is 0.256 e. The van der Waals surface area contributed by atoms with E-state index in [0.717, 1.165) is 10.9 Å². The number of H-pyrrole nitrogens is 1. The lowest BCUT2D eigenvalue weighted by atomic mass is 10.1. The van der Waals surface area contributed by atoms with Crippen LogP contribution in [0, 0.1) is 0 Å². The largest absolute Gasteiger partial charge is 0.361 e. The number of aromatic nitrogens is 5. The second-order valence-electron chi connectivity index (χ2n) is 4.95. The van der Waals surface area contributed by atoms with Crippen LogP contribution in [0.3, 0.4) is 0 Å². The van der Waals surface area contributed by atoms with Crippen LogP contribution in [0.5, 0.6) is 0 Å². The number of carbonyl (C=O) groups excluding carboxylic acids is 1. The molecule has 112 valence electrons. The summed E-state index contributed by atoms with van der Waals surface area (Å²) in [5.74, 6) is 0.782. The minimum Gasteiger partial charge on any atom is -0.361 e. The van der Waals surface area contributed by atoms with Crippen molar-refractivity contribution < 1.29 is 4.79 Å². The summed E-state index contributed by atoms with van der Waals surface area (Å²) in [5, 5.41) is 7.86. The fourth-order valence-corrected chi connectivity index (χ4v) is 2.33. The van der Waals surface area contributed by atoms with Crippen LogP contribution < -0.4 is 5.32 Å². The second kappa shape index (κ2) is 5.38. The molecule has 0 bridgehead atoms. The summed E-state index contributed by atoms with van der Waals surface area (Å²) in [7, 11) is 0. The van der Waals surface area contributed by atoms with Crippen LogP contribution in [0.4, 0.5) is 5.82 Å². The molecule has 7 nitrogen and oxygen atoms in total. The number of amides is 1. The standard InChI is InChI=1S/C16H12N6O/c23-16(12-2-3-13-11(8-12)4-6-17-13)21-14-9-15(19-10-18-14)22-7-1-5-20-22/h1-10,17H,(H,18,19,21,23). The highest BCUT2D eigenvalue weighted by Crippen LogP contribution is 2.16. The highest BCUT2D eigenvalue weighted by Gasteiger charge is 2.09. The Labute approximate surface area is 131 Å². The molecule has 0 saturated heterocycles. The summed E-state index contributed by atoms with van der Waals surface area (Å²) in [6.07, 6.45) is 6.66. The summed E-state index contributed by atoms with van der Waals surface area (Å²) in [6.45, 7) is 0. The summed E-state index contributed by atoms with van der Waals surface area (Å²) < 4.78 is 1.60. The number of aromatic amines is 1. The first-order chi connectivity index (χ1) is 11.3. The van der Waals surface area contributed by atoms with Crippen molar-refractivity contribution in [3.05, 3.63) is 66.9 Å². The molecule has 1 amide bonds. The van der Waals surface area contributed by atoms with Crippen LogP contribution in [-0.2, 0) is 0 Å². The normalized spacial score (nSPS) is 10.8. The molecule has 0 radical (unpaired) electrons. The molecule has 3 aromatic heterocycles. The fourth-order valence-electron chi connectivity index (χ4n) is 2.33. The van der Waals surface area contributed by atoms with E-state index in [9.17, 15) is 4.79 Å². The lowest BCUT2D eigenvalue weighted by molar-refractivity contribution is 0.102. The number of fused-ring (bicyclic) bond motifs is 1. The van der Waals surface area contributed by atoms with E-state index in [2.05, 4.69) is 25.4 Å². The number of hydrogen-bond acceptors (Lipinski definition) is 4. The third-order valence-corrected chi connectivity index (χ3v) is 3.45. The molecule has 3 heterocycles. The number of nitrogens with zero attached hydrogens (tertiary/aromatic N) is 4. The average Bonchev–Trinajstić information content (AvgIpc) is 3.26. The molecule has 0 aliphatic rings. The molecule has 0 aliphatic carbocycles. The van der Waals surface area contributed by atoms with Crippen LogP contribution in [0.25, 0.3) is 16.7 Å². The molecule has 0 spiro atoms. The van der Waals surface area contributed by atoms with Crippen LogP contribution in [0.1, 0.15) is 10.4 Å². The maximum absolute atomic E-state index is 12.4. The zero-order valence-electron chi connectivity index (χ0n) is 12.0. The van der Waals surface area contributed by atoms with Gasteiger partial charge in [-0.25, -0.2) is 14.6 Å². The van der Waals surface area contributed by atoms with E-state index in [0.29, 0.717) is 17.2 Å². The third-order valence-electron chi connectivity index (χ3n) is 3.45. The van der Waals surface area contributed by atoms with Gasteiger partial charge < -0.3 is 10.3 Å². The van der Waals surface area contributed by atoms with Gasteiger partial charge in [-0.2, -0.15) is 5.10 Å².